The van der Waals surface area contributed by atoms with Gasteiger partial charge in [0.05, 0.1) is 29.4 Å². The van der Waals surface area contributed by atoms with E-state index in [-0.39, 0.29) is 34.5 Å². The summed E-state index contributed by atoms with van der Waals surface area (Å²) in [5.74, 6) is -0.221. The van der Waals surface area contributed by atoms with E-state index in [1.165, 1.54) is 17.0 Å². The van der Waals surface area contributed by atoms with Crippen LogP contribution in [0.1, 0.15) is 5.56 Å². The lowest BCUT2D eigenvalue weighted by Crippen LogP contribution is -2.25. The molecule has 0 aliphatic carbocycles. The fourth-order valence-corrected chi connectivity index (χ4v) is 4.69. The smallest absolute Gasteiger partial charge is 0.414 e. The summed E-state index contributed by atoms with van der Waals surface area (Å²) >= 11 is 6.14. The van der Waals surface area contributed by atoms with Crippen molar-refractivity contribution in [3.63, 3.8) is 0 Å². The lowest BCUT2D eigenvalue weighted by molar-refractivity contribution is -0.115. The Morgan fingerprint density at radius 3 is 2.70 bits per heavy atom. The summed E-state index contributed by atoms with van der Waals surface area (Å²) in [7, 11) is -4.05. The number of amides is 2. The van der Waals surface area contributed by atoms with Crippen LogP contribution in [0.5, 0.6) is 0 Å². The Kier molecular flexibility index (Phi) is 4.20. The van der Waals surface area contributed by atoms with Crippen molar-refractivity contribution in [3.8, 4) is 0 Å². The van der Waals surface area contributed by atoms with E-state index in [0.717, 1.165) is 0 Å². The van der Waals surface area contributed by atoms with Crippen LogP contribution in [0.25, 0.3) is 0 Å². The molecular formula is C17H14ClN3O5S. The SMILES string of the molecule is O=C1Cc2cc(S(=O)(=O)Nc3ccccc3N3CCOC3=O)c(Cl)cc2N1. The normalized spacial score (nSPS) is 16.1. The quantitative estimate of drug-likeness (QED) is 0.810. The summed E-state index contributed by atoms with van der Waals surface area (Å²) in [5, 5.41) is 2.61. The number of para-hydroxylation sites is 2. The summed E-state index contributed by atoms with van der Waals surface area (Å²) < 4.78 is 33.2. The molecule has 0 bridgehead atoms. The van der Waals surface area contributed by atoms with Crippen molar-refractivity contribution in [1.29, 1.82) is 0 Å². The summed E-state index contributed by atoms with van der Waals surface area (Å²) in [6.07, 6.45) is -0.451. The molecule has 8 nitrogen and oxygen atoms in total. The number of sulfonamides is 1. The van der Waals surface area contributed by atoms with Crippen LogP contribution in [-0.2, 0) is 26.0 Å². The monoisotopic (exact) mass is 407 g/mol. The van der Waals surface area contributed by atoms with Crippen LogP contribution in [0, 0.1) is 0 Å². The average molecular weight is 408 g/mol. The largest absolute Gasteiger partial charge is 0.447 e. The predicted octanol–water partition coefficient (Wildman–Crippen LogP) is 2.59. The van der Waals surface area contributed by atoms with Crippen LogP contribution < -0.4 is 14.9 Å². The molecule has 2 heterocycles. The molecule has 2 aromatic rings. The minimum Gasteiger partial charge on any atom is -0.447 e. The molecule has 2 aliphatic rings. The van der Waals surface area contributed by atoms with Gasteiger partial charge in [0.25, 0.3) is 10.0 Å². The first-order chi connectivity index (χ1) is 12.8. The molecule has 0 spiro atoms. The van der Waals surface area contributed by atoms with Crippen molar-refractivity contribution >= 4 is 50.7 Å². The van der Waals surface area contributed by atoms with Gasteiger partial charge in [0.2, 0.25) is 5.91 Å². The second-order valence-corrected chi connectivity index (χ2v) is 8.11. The van der Waals surface area contributed by atoms with E-state index in [1.54, 1.807) is 24.3 Å². The topological polar surface area (TPSA) is 105 Å². The average Bonchev–Trinajstić information content (AvgIpc) is 3.18. The van der Waals surface area contributed by atoms with E-state index in [9.17, 15) is 18.0 Å². The van der Waals surface area contributed by atoms with Crippen molar-refractivity contribution < 1.29 is 22.7 Å². The molecule has 0 unspecified atom stereocenters. The van der Waals surface area contributed by atoms with E-state index < -0.39 is 16.1 Å². The van der Waals surface area contributed by atoms with Gasteiger partial charge in [0.15, 0.2) is 0 Å². The first-order valence-corrected chi connectivity index (χ1v) is 9.90. The highest BCUT2D eigenvalue weighted by Crippen LogP contribution is 2.35. The Morgan fingerprint density at radius 2 is 1.96 bits per heavy atom. The highest BCUT2D eigenvalue weighted by atomic mass is 35.5. The van der Waals surface area contributed by atoms with Crippen LogP contribution in [0.3, 0.4) is 0 Å². The van der Waals surface area contributed by atoms with Crippen LogP contribution in [0.15, 0.2) is 41.3 Å². The van der Waals surface area contributed by atoms with Crippen molar-refractivity contribution in [2.75, 3.05) is 28.1 Å². The number of ether oxygens (including phenoxy) is 1. The van der Waals surface area contributed by atoms with Crippen molar-refractivity contribution in [3.05, 3.63) is 47.0 Å². The molecule has 1 saturated heterocycles. The lowest BCUT2D eigenvalue weighted by Gasteiger charge is -2.18. The number of carbonyl (C=O) groups is 2. The van der Waals surface area contributed by atoms with Gasteiger partial charge in [-0.05, 0) is 29.8 Å². The number of benzene rings is 2. The molecule has 140 valence electrons. The van der Waals surface area contributed by atoms with Gasteiger partial charge in [0.1, 0.15) is 11.5 Å². The van der Waals surface area contributed by atoms with E-state index in [0.29, 0.717) is 23.5 Å². The van der Waals surface area contributed by atoms with Gasteiger partial charge in [-0.1, -0.05) is 23.7 Å². The third-order valence-corrected chi connectivity index (χ3v) is 6.10. The van der Waals surface area contributed by atoms with Gasteiger partial charge >= 0.3 is 6.09 Å². The zero-order valence-corrected chi connectivity index (χ0v) is 15.4. The Morgan fingerprint density at radius 1 is 1.19 bits per heavy atom. The Bertz CT molecular complexity index is 1070. The van der Waals surface area contributed by atoms with Crippen LogP contribution in [0.4, 0.5) is 21.9 Å². The fourth-order valence-electron chi connectivity index (χ4n) is 3.04. The summed E-state index contributed by atoms with van der Waals surface area (Å²) in [4.78, 5) is 24.6. The second-order valence-electron chi connectivity index (χ2n) is 6.05. The number of hydrogen-bond donors (Lipinski definition) is 2. The van der Waals surface area contributed by atoms with E-state index in [2.05, 4.69) is 10.0 Å². The maximum absolute atomic E-state index is 12.9. The number of rotatable bonds is 4. The third-order valence-electron chi connectivity index (χ3n) is 4.27. The molecule has 10 heteroatoms. The first-order valence-electron chi connectivity index (χ1n) is 8.03. The zero-order valence-electron chi connectivity index (χ0n) is 13.9. The molecule has 4 rings (SSSR count). The van der Waals surface area contributed by atoms with E-state index in [1.807, 2.05) is 0 Å². The highest BCUT2D eigenvalue weighted by molar-refractivity contribution is 7.92. The second kappa shape index (κ2) is 6.43. The Hall–Kier alpha value is -2.78. The molecule has 2 amide bonds. The minimum absolute atomic E-state index is 0.0125. The molecular weight excluding hydrogens is 394 g/mol. The van der Waals surface area contributed by atoms with Crippen LogP contribution in [0.2, 0.25) is 5.02 Å². The number of anilines is 3. The molecule has 0 saturated carbocycles. The van der Waals surface area contributed by atoms with Crippen molar-refractivity contribution in [1.82, 2.24) is 0 Å². The number of halogens is 1. The number of cyclic esters (lactones) is 1. The molecule has 2 N–H and O–H groups in total. The maximum atomic E-state index is 12.9. The van der Waals surface area contributed by atoms with Crippen LogP contribution in [-0.4, -0.2) is 33.6 Å². The number of nitrogens with one attached hydrogen (secondary N) is 2. The molecule has 0 radical (unpaired) electrons. The molecule has 2 aliphatic heterocycles. The summed E-state index contributed by atoms with van der Waals surface area (Å²) in [6, 6.07) is 9.31. The number of hydrogen-bond acceptors (Lipinski definition) is 5. The molecule has 2 aromatic carbocycles. The van der Waals surface area contributed by atoms with Crippen LogP contribution >= 0.6 is 11.6 Å². The standard InChI is InChI=1S/C17H14ClN3O5S/c18-11-9-13-10(8-16(22)19-13)7-15(11)27(24,25)20-12-3-1-2-4-14(12)21-5-6-26-17(21)23/h1-4,7,9,20H,5-6,8H2,(H,19,22). The first kappa shape index (κ1) is 17.6. The van der Waals surface area contributed by atoms with Gasteiger partial charge in [-0.3, -0.25) is 14.4 Å². The van der Waals surface area contributed by atoms with Gasteiger partial charge in [-0.15, -0.1) is 0 Å². The number of carbonyl (C=O) groups excluding carboxylic acids is 2. The molecule has 27 heavy (non-hydrogen) atoms. The summed E-state index contributed by atoms with van der Waals surface area (Å²) in [6.45, 7) is 0.558. The van der Waals surface area contributed by atoms with Gasteiger partial charge in [0, 0.05) is 5.69 Å². The Balaban J connectivity index is 1.71. The van der Waals surface area contributed by atoms with Gasteiger partial charge < -0.3 is 10.1 Å². The van der Waals surface area contributed by atoms with Crippen molar-refractivity contribution in [2.45, 2.75) is 11.3 Å². The van der Waals surface area contributed by atoms with Gasteiger partial charge in [-0.2, -0.15) is 0 Å². The maximum Gasteiger partial charge on any atom is 0.414 e. The number of nitrogens with zero attached hydrogens (tertiary/aromatic N) is 1. The van der Waals surface area contributed by atoms with E-state index in [4.69, 9.17) is 16.3 Å². The minimum atomic E-state index is -4.05. The zero-order chi connectivity index (χ0) is 19.2. The third kappa shape index (κ3) is 3.19. The predicted molar refractivity (Wildman–Crippen MR) is 99.7 cm³/mol. The highest BCUT2D eigenvalue weighted by Gasteiger charge is 2.29. The number of fused-ring (bicyclic) bond motifs is 1. The summed E-state index contributed by atoms with van der Waals surface area (Å²) in [5.41, 5.74) is 1.67. The fraction of sp³-hybridized carbons (Fsp3) is 0.176. The molecule has 0 aromatic heterocycles. The lowest BCUT2D eigenvalue weighted by atomic mass is 10.2. The molecule has 0 atom stereocenters. The Labute approximate surface area is 160 Å². The van der Waals surface area contributed by atoms with Crippen molar-refractivity contribution in [2.24, 2.45) is 0 Å². The molecule has 1 fully saturated rings. The van der Waals surface area contributed by atoms with Gasteiger partial charge in [-0.25, -0.2) is 13.2 Å². The van der Waals surface area contributed by atoms with E-state index >= 15 is 0 Å².